The third-order valence-electron chi connectivity index (χ3n) is 4.57. The van der Waals surface area contributed by atoms with E-state index in [1.54, 1.807) is 13.2 Å². The van der Waals surface area contributed by atoms with Crippen LogP contribution in [0, 0.1) is 0 Å². The molecule has 7 heteroatoms. The van der Waals surface area contributed by atoms with Gasteiger partial charge in [0.2, 0.25) is 0 Å². The number of H-pyrrole nitrogens is 1. The van der Waals surface area contributed by atoms with Crippen LogP contribution in [-0.4, -0.2) is 35.5 Å². The lowest BCUT2D eigenvalue weighted by atomic mass is 10.1. The topological polar surface area (TPSA) is 88.6 Å². The molecule has 0 spiro atoms. The maximum atomic E-state index is 12.4. The van der Waals surface area contributed by atoms with Crippen molar-refractivity contribution in [2.45, 2.75) is 26.7 Å². The second-order valence-electron chi connectivity index (χ2n) is 6.76. The maximum Gasteiger partial charge on any atom is 0.289 e. The molecule has 30 heavy (non-hydrogen) atoms. The van der Waals surface area contributed by atoms with Crippen molar-refractivity contribution in [1.82, 2.24) is 15.6 Å². The average molecular weight is 406 g/mol. The van der Waals surface area contributed by atoms with Crippen molar-refractivity contribution >= 4 is 11.6 Å². The Kier molecular flexibility index (Phi) is 7.21. The van der Waals surface area contributed by atoms with Crippen LogP contribution in [0.15, 0.2) is 59.7 Å². The Labute approximate surface area is 176 Å². The fourth-order valence-electron chi connectivity index (χ4n) is 2.73. The Balaban J connectivity index is 1.61. The Morgan fingerprint density at radius 3 is 2.47 bits per heavy atom. The van der Waals surface area contributed by atoms with Crippen LogP contribution < -0.4 is 14.9 Å². The zero-order valence-corrected chi connectivity index (χ0v) is 17.4. The van der Waals surface area contributed by atoms with Gasteiger partial charge < -0.3 is 9.47 Å². The van der Waals surface area contributed by atoms with Gasteiger partial charge in [-0.3, -0.25) is 9.89 Å². The molecule has 2 aromatic carbocycles. The number of ether oxygens (including phenoxy) is 2. The summed E-state index contributed by atoms with van der Waals surface area (Å²) in [5, 5.41) is 11.2. The molecule has 0 aliphatic rings. The zero-order valence-electron chi connectivity index (χ0n) is 17.4. The van der Waals surface area contributed by atoms with Crippen LogP contribution in [0.3, 0.4) is 0 Å². The standard InChI is InChI=1S/C23H26N4O3/c1-4-5-14-30-20-12-8-18(9-13-20)21-15-22(26-25-21)23(28)27-24-16(2)17-6-10-19(29-3)11-7-17/h6-13,15H,4-5,14H2,1-3H3,(H,25,26)(H,27,28)/b24-16+. The molecule has 0 aliphatic carbocycles. The first-order chi connectivity index (χ1) is 14.6. The molecule has 0 bridgehead atoms. The molecule has 2 N–H and O–H groups in total. The second-order valence-corrected chi connectivity index (χ2v) is 6.76. The Bertz CT molecular complexity index is 992. The lowest BCUT2D eigenvalue weighted by Gasteiger charge is -2.05. The molecule has 3 aromatic rings. The van der Waals surface area contributed by atoms with Crippen molar-refractivity contribution < 1.29 is 14.3 Å². The van der Waals surface area contributed by atoms with Gasteiger partial charge in [0.15, 0.2) is 0 Å². The van der Waals surface area contributed by atoms with E-state index >= 15 is 0 Å². The van der Waals surface area contributed by atoms with E-state index in [4.69, 9.17) is 9.47 Å². The summed E-state index contributed by atoms with van der Waals surface area (Å²) in [6, 6.07) is 16.8. The highest BCUT2D eigenvalue weighted by Crippen LogP contribution is 2.21. The number of nitrogens with one attached hydrogen (secondary N) is 2. The van der Waals surface area contributed by atoms with Gasteiger partial charge in [-0.05, 0) is 73.5 Å². The zero-order chi connectivity index (χ0) is 21.3. The highest BCUT2D eigenvalue weighted by molar-refractivity contribution is 6.00. The van der Waals surface area contributed by atoms with Gasteiger partial charge in [-0.15, -0.1) is 0 Å². The molecule has 1 aromatic heterocycles. The summed E-state index contributed by atoms with van der Waals surface area (Å²) in [7, 11) is 1.62. The van der Waals surface area contributed by atoms with E-state index in [2.05, 4.69) is 27.6 Å². The van der Waals surface area contributed by atoms with Gasteiger partial charge in [0.05, 0.1) is 25.1 Å². The van der Waals surface area contributed by atoms with E-state index in [9.17, 15) is 4.79 Å². The maximum absolute atomic E-state index is 12.4. The molecule has 0 fully saturated rings. The molecule has 0 saturated carbocycles. The smallest absolute Gasteiger partial charge is 0.289 e. The predicted molar refractivity (Wildman–Crippen MR) is 117 cm³/mol. The molecule has 1 heterocycles. The van der Waals surface area contributed by atoms with E-state index in [0.29, 0.717) is 23.7 Å². The number of hydrogen-bond donors (Lipinski definition) is 2. The van der Waals surface area contributed by atoms with Crippen molar-refractivity contribution in [3.8, 4) is 22.8 Å². The fraction of sp³-hybridized carbons (Fsp3) is 0.261. The number of nitrogens with zero attached hydrogens (tertiary/aromatic N) is 2. The van der Waals surface area contributed by atoms with Gasteiger partial charge in [-0.1, -0.05) is 13.3 Å². The molecule has 1 amide bonds. The van der Waals surface area contributed by atoms with Gasteiger partial charge in [0.25, 0.3) is 5.91 Å². The molecule has 0 saturated heterocycles. The normalized spacial score (nSPS) is 11.2. The van der Waals surface area contributed by atoms with E-state index in [1.165, 1.54) is 0 Å². The Hall–Kier alpha value is -3.61. The van der Waals surface area contributed by atoms with Gasteiger partial charge in [-0.2, -0.15) is 10.2 Å². The van der Waals surface area contributed by atoms with E-state index in [-0.39, 0.29) is 5.91 Å². The highest BCUT2D eigenvalue weighted by Gasteiger charge is 2.11. The van der Waals surface area contributed by atoms with Crippen LogP contribution in [-0.2, 0) is 0 Å². The summed E-state index contributed by atoms with van der Waals surface area (Å²) in [5.41, 5.74) is 6.04. The molecular weight excluding hydrogens is 380 g/mol. The Morgan fingerprint density at radius 2 is 1.80 bits per heavy atom. The quantitative estimate of drug-likeness (QED) is 0.313. The highest BCUT2D eigenvalue weighted by atomic mass is 16.5. The number of aromatic nitrogens is 2. The van der Waals surface area contributed by atoms with E-state index < -0.39 is 0 Å². The van der Waals surface area contributed by atoms with Gasteiger partial charge >= 0.3 is 0 Å². The molecule has 0 radical (unpaired) electrons. The first kappa shape index (κ1) is 21.1. The van der Waals surface area contributed by atoms with Gasteiger partial charge in [0.1, 0.15) is 17.2 Å². The number of hydrazone groups is 1. The van der Waals surface area contributed by atoms with Crippen molar-refractivity contribution in [2.75, 3.05) is 13.7 Å². The number of benzene rings is 2. The SMILES string of the molecule is CCCCOc1ccc(-c2cc(C(=O)N/N=C(\C)c3ccc(OC)cc3)[nH]n2)cc1. The van der Waals surface area contributed by atoms with Crippen LogP contribution >= 0.6 is 0 Å². The molecular formula is C23H26N4O3. The Morgan fingerprint density at radius 1 is 1.10 bits per heavy atom. The second kappa shape index (κ2) is 10.2. The summed E-state index contributed by atoms with van der Waals surface area (Å²) in [6.45, 7) is 4.66. The first-order valence-electron chi connectivity index (χ1n) is 9.88. The number of methoxy groups -OCH3 is 1. The third-order valence-corrected chi connectivity index (χ3v) is 4.57. The monoisotopic (exact) mass is 406 g/mol. The minimum atomic E-state index is -0.360. The number of carbonyl (C=O) groups excluding carboxylic acids is 1. The predicted octanol–water partition coefficient (Wildman–Crippen LogP) is 4.42. The average Bonchev–Trinajstić information content (AvgIpc) is 3.28. The number of rotatable bonds is 9. The first-order valence-corrected chi connectivity index (χ1v) is 9.88. The summed E-state index contributed by atoms with van der Waals surface area (Å²) in [6.07, 6.45) is 2.12. The number of unbranched alkanes of at least 4 members (excludes halogenated alkanes) is 1. The summed E-state index contributed by atoms with van der Waals surface area (Å²) in [5.74, 6) is 1.23. The summed E-state index contributed by atoms with van der Waals surface area (Å²) in [4.78, 5) is 12.4. The minimum Gasteiger partial charge on any atom is -0.497 e. The number of hydrogen-bond acceptors (Lipinski definition) is 5. The van der Waals surface area contributed by atoms with Crippen molar-refractivity contribution in [3.63, 3.8) is 0 Å². The van der Waals surface area contributed by atoms with Crippen LogP contribution in [0.5, 0.6) is 11.5 Å². The molecule has 156 valence electrons. The van der Waals surface area contributed by atoms with Crippen molar-refractivity contribution in [3.05, 3.63) is 65.9 Å². The van der Waals surface area contributed by atoms with Crippen LogP contribution in [0.2, 0.25) is 0 Å². The fourth-order valence-corrected chi connectivity index (χ4v) is 2.73. The van der Waals surface area contributed by atoms with Crippen LogP contribution in [0.25, 0.3) is 11.3 Å². The lowest BCUT2D eigenvalue weighted by molar-refractivity contribution is 0.0950. The molecule has 0 unspecified atom stereocenters. The van der Waals surface area contributed by atoms with Crippen LogP contribution in [0.4, 0.5) is 0 Å². The molecule has 7 nitrogen and oxygen atoms in total. The van der Waals surface area contributed by atoms with Crippen LogP contribution in [0.1, 0.15) is 42.7 Å². The molecule has 3 rings (SSSR count). The minimum absolute atomic E-state index is 0.333. The summed E-state index contributed by atoms with van der Waals surface area (Å²) < 4.78 is 10.8. The molecule has 0 aliphatic heterocycles. The number of carbonyl (C=O) groups is 1. The van der Waals surface area contributed by atoms with E-state index in [1.807, 2.05) is 55.5 Å². The third kappa shape index (κ3) is 5.47. The molecule has 0 atom stereocenters. The lowest BCUT2D eigenvalue weighted by Crippen LogP contribution is -2.19. The number of aromatic amines is 1. The summed E-state index contributed by atoms with van der Waals surface area (Å²) >= 11 is 0. The number of amides is 1. The van der Waals surface area contributed by atoms with E-state index in [0.717, 1.165) is 35.5 Å². The van der Waals surface area contributed by atoms with Gasteiger partial charge in [-0.25, -0.2) is 5.43 Å². The van der Waals surface area contributed by atoms with Crippen molar-refractivity contribution in [1.29, 1.82) is 0 Å². The largest absolute Gasteiger partial charge is 0.497 e. The van der Waals surface area contributed by atoms with Gasteiger partial charge in [0, 0.05) is 5.56 Å². The van der Waals surface area contributed by atoms with Crippen molar-refractivity contribution in [2.24, 2.45) is 5.10 Å².